The van der Waals surface area contributed by atoms with E-state index in [9.17, 15) is 9.59 Å². The predicted octanol–water partition coefficient (Wildman–Crippen LogP) is 1.77. The number of Topliss-reactive ketones (excluding diaryl/α,β-unsaturated/α-hetero) is 1. The summed E-state index contributed by atoms with van der Waals surface area (Å²) in [5, 5.41) is 2.62. The molecular weight excluding hydrogens is 214 g/mol. The van der Waals surface area contributed by atoms with Crippen molar-refractivity contribution < 1.29 is 9.59 Å². The first-order valence-electron chi connectivity index (χ1n) is 6.06. The highest BCUT2D eigenvalue weighted by Gasteiger charge is 2.10. The van der Waals surface area contributed by atoms with Crippen LogP contribution < -0.4 is 5.32 Å². The molecule has 3 nitrogen and oxygen atoms in total. The molecule has 0 heterocycles. The van der Waals surface area contributed by atoms with Crippen LogP contribution in [0, 0.1) is 0 Å². The van der Waals surface area contributed by atoms with Gasteiger partial charge in [-0.1, -0.05) is 18.2 Å². The van der Waals surface area contributed by atoms with E-state index in [-0.39, 0.29) is 0 Å². The molecule has 0 spiro atoms. The van der Waals surface area contributed by atoms with Crippen LogP contribution in [0.3, 0.4) is 0 Å². The van der Waals surface area contributed by atoms with Gasteiger partial charge in [0.1, 0.15) is 0 Å². The first-order chi connectivity index (χ1) is 8.16. The summed E-state index contributed by atoms with van der Waals surface area (Å²) in [5.41, 5.74) is 3.89. The van der Waals surface area contributed by atoms with Gasteiger partial charge in [0, 0.05) is 13.5 Å². The van der Waals surface area contributed by atoms with Crippen molar-refractivity contribution in [3.05, 3.63) is 34.9 Å². The zero-order chi connectivity index (χ0) is 12.3. The van der Waals surface area contributed by atoms with Gasteiger partial charge in [0.05, 0.1) is 0 Å². The molecule has 0 radical (unpaired) electrons. The maximum atomic E-state index is 11.1. The van der Waals surface area contributed by atoms with E-state index < -0.39 is 11.7 Å². The molecule has 1 N–H and O–H groups in total. The van der Waals surface area contributed by atoms with Gasteiger partial charge in [0.2, 0.25) is 5.78 Å². The van der Waals surface area contributed by atoms with Gasteiger partial charge in [-0.15, -0.1) is 0 Å². The molecule has 0 unspecified atom stereocenters. The number of benzene rings is 1. The number of amides is 1. The van der Waals surface area contributed by atoms with E-state index in [1.165, 1.54) is 30.9 Å². The van der Waals surface area contributed by atoms with Crippen LogP contribution in [0.4, 0.5) is 0 Å². The van der Waals surface area contributed by atoms with E-state index in [0.29, 0.717) is 6.54 Å². The van der Waals surface area contributed by atoms with Crippen LogP contribution >= 0.6 is 0 Å². The molecule has 0 aromatic heterocycles. The SMILES string of the molecule is CC(=O)C(=O)NCc1ccc2c(c1)CCCC2. The van der Waals surface area contributed by atoms with Gasteiger partial charge in [-0.05, 0) is 42.4 Å². The Morgan fingerprint density at radius 2 is 1.88 bits per heavy atom. The van der Waals surface area contributed by atoms with Crippen LogP contribution in [-0.4, -0.2) is 11.7 Å². The number of ketones is 1. The lowest BCUT2D eigenvalue weighted by atomic mass is 9.90. The molecule has 0 fully saturated rings. The molecule has 1 aromatic carbocycles. The number of nitrogens with one attached hydrogen (secondary N) is 1. The average molecular weight is 231 g/mol. The van der Waals surface area contributed by atoms with Gasteiger partial charge in [0.25, 0.3) is 5.91 Å². The van der Waals surface area contributed by atoms with Gasteiger partial charge < -0.3 is 5.32 Å². The minimum absolute atomic E-state index is 0.436. The second kappa shape index (κ2) is 5.13. The molecule has 1 amide bonds. The van der Waals surface area contributed by atoms with Crippen molar-refractivity contribution in [1.82, 2.24) is 5.32 Å². The van der Waals surface area contributed by atoms with Gasteiger partial charge in [-0.2, -0.15) is 0 Å². The fourth-order valence-electron chi connectivity index (χ4n) is 2.20. The lowest BCUT2D eigenvalue weighted by molar-refractivity contribution is -0.136. The Kier molecular flexibility index (Phi) is 3.57. The van der Waals surface area contributed by atoms with Crippen LogP contribution in [0.5, 0.6) is 0 Å². The minimum Gasteiger partial charge on any atom is -0.345 e. The van der Waals surface area contributed by atoms with Gasteiger partial charge in [0.15, 0.2) is 0 Å². The maximum Gasteiger partial charge on any atom is 0.287 e. The number of hydrogen-bond donors (Lipinski definition) is 1. The monoisotopic (exact) mass is 231 g/mol. The maximum absolute atomic E-state index is 11.1. The molecule has 1 aromatic rings. The van der Waals surface area contributed by atoms with Crippen LogP contribution in [0.2, 0.25) is 0 Å². The summed E-state index contributed by atoms with van der Waals surface area (Å²) in [5.74, 6) is -0.953. The number of carbonyl (C=O) groups excluding carboxylic acids is 2. The van der Waals surface area contributed by atoms with Crippen LogP contribution in [0.1, 0.15) is 36.5 Å². The second-order valence-corrected chi connectivity index (χ2v) is 4.55. The molecule has 3 heteroatoms. The van der Waals surface area contributed by atoms with Gasteiger partial charge >= 0.3 is 0 Å². The van der Waals surface area contributed by atoms with Crippen molar-refractivity contribution in [3.63, 3.8) is 0 Å². The summed E-state index contributed by atoms with van der Waals surface area (Å²) in [6, 6.07) is 6.32. The Labute approximate surface area is 101 Å². The smallest absolute Gasteiger partial charge is 0.287 e. The zero-order valence-corrected chi connectivity index (χ0v) is 10.1. The summed E-state index contributed by atoms with van der Waals surface area (Å²) < 4.78 is 0. The largest absolute Gasteiger partial charge is 0.345 e. The molecule has 0 saturated heterocycles. The normalized spacial score (nSPS) is 13.9. The fourth-order valence-corrected chi connectivity index (χ4v) is 2.20. The van der Waals surface area contributed by atoms with E-state index in [2.05, 4.69) is 17.4 Å². The Bertz CT molecular complexity index is 452. The molecule has 90 valence electrons. The number of aryl methyl sites for hydroxylation is 2. The first kappa shape index (κ1) is 11.8. The molecule has 17 heavy (non-hydrogen) atoms. The number of fused-ring (bicyclic) bond motifs is 1. The molecule has 0 aliphatic heterocycles. The van der Waals surface area contributed by atoms with Gasteiger partial charge in [-0.3, -0.25) is 9.59 Å². The van der Waals surface area contributed by atoms with E-state index >= 15 is 0 Å². The summed E-state index contributed by atoms with van der Waals surface area (Å²) in [6.07, 6.45) is 4.81. The van der Waals surface area contributed by atoms with E-state index in [0.717, 1.165) is 18.4 Å². The van der Waals surface area contributed by atoms with E-state index in [1.807, 2.05) is 6.07 Å². The van der Waals surface area contributed by atoms with Crippen LogP contribution in [0.15, 0.2) is 18.2 Å². The van der Waals surface area contributed by atoms with Crippen LogP contribution in [-0.2, 0) is 29.0 Å². The Hall–Kier alpha value is -1.64. The lowest BCUT2D eigenvalue weighted by Crippen LogP contribution is -2.28. The first-order valence-corrected chi connectivity index (χ1v) is 6.06. The highest BCUT2D eigenvalue weighted by atomic mass is 16.2. The summed E-state index contributed by atoms with van der Waals surface area (Å²) in [6.45, 7) is 1.72. The number of rotatable bonds is 3. The van der Waals surface area contributed by atoms with Gasteiger partial charge in [-0.25, -0.2) is 0 Å². The van der Waals surface area contributed by atoms with Crippen molar-refractivity contribution in [2.24, 2.45) is 0 Å². The van der Waals surface area contributed by atoms with E-state index in [4.69, 9.17) is 0 Å². The van der Waals surface area contributed by atoms with Crippen molar-refractivity contribution >= 4 is 11.7 Å². The molecular formula is C14H17NO2. The number of hydrogen-bond acceptors (Lipinski definition) is 2. The standard InChI is InChI=1S/C14H17NO2/c1-10(16)14(17)15-9-11-6-7-12-4-2-3-5-13(12)8-11/h6-8H,2-5,9H2,1H3,(H,15,17). The molecule has 2 rings (SSSR count). The molecule has 0 saturated carbocycles. The minimum atomic E-state index is -0.511. The third-order valence-corrected chi connectivity index (χ3v) is 3.19. The molecule has 0 atom stereocenters. The highest BCUT2D eigenvalue weighted by molar-refractivity contribution is 6.35. The Balaban J connectivity index is 2.02. The predicted molar refractivity (Wildman–Crippen MR) is 65.6 cm³/mol. The third kappa shape index (κ3) is 2.93. The van der Waals surface area contributed by atoms with Crippen LogP contribution in [0.25, 0.3) is 0 Å². The van der Waals surface area contributed by atoms with E-state index in [1.54, 1.807) is 0 Å². The summed E-state index contributed by atoms with van der Waals surface area (Å²) in [7, 11) is 0. The van der Waals surface area contributed by atoms with Crippen molar-refractivity contribution in [3.8, 4) is 0 Å². The highest BCUT2D eigenvalue weighted by Crippen LogP contribution is 2.22. The quantitative estimate of drug-likeness (QED) is 0.806. The van der Waals surface area contributed by atoms with Crippen molar-refractivity contribution in [2.45, 2.75) is 39.2 Å². The Morgan fingerprint density at radius 1 is 1.18 bits per heavy atom. The topological polar surface area (TPSA) is 46.2 Å². The third-order valence-electron chi connectivity index (χ3n) is 3.19. The summed E-state index contributed by atoms with van der Waals surface area (Å²) >= 11 is 0. The molecule has 0 bridgehead atoms. The fraction of sp³-hybridized carbons (Fsp3) is 0.429. The second-order valence-electron chi connectivity index (χ2n) is 4.55. The van der Waals surface area contributed by atoms with Crippen molar-refractivity contribution in [1.29, 1.82) is 0 Å². The average Bonchev–Trinajstić information content (AvgIpc) is 2.35. The molecule has 1 aliphatic carbocycles. The van der Waals surface area contributed by atoms with Crippen molar-refractivity contribution in [2.75, 3.05) is 0 Å². The zero-order valence-electron chi connectivity index (χ0n) is 10.1. The molecule has 1 aliphatic rings. The lowest BCUT2D eigenvalue weighted by Gasteiger charge is -2.16. The Morgan fingerprint density at radius 3 is 2.59 bits per heavy atom. The number of carbonyl (C=O) groups is 2. The summed E-state index contributed by atoms with van der Waals surface area (Å²) in [4.78, 5) is 21.9.